The van der Waals surface area contributed by atoms with E-state index < -0.39 is 11.9 Å². The zero-order valence-electron chi connectivity index (χ0n) is 13.0. The van der Waals surface area contributed by atoms with Crippen LogP contribution in [0, 0.1) is 6.92 Å². The Morgan fingerprint density at radius 2 is 2.08 bits per heavy atom. The fourth-order valence-corrected chi connectivity index (χ4v) is 2.48. The molecule has 0 spiro atoms. The highest BCUT2D eigenvalue weighted by Gasteiger charge is 2.33. The van der Waals surface area contributed by atoms with Gasteiger partial charge in [-0.1, -0.05) is 0 Å². The van der Waals surface area contributed by atoms with Crippen LogP contribution >= 0.6 is 0 Å². The first kappa shape index (κ1) is 16.6. The fourth-order valence-electron chi connectivity index (χ4n) is 2.48. The lowest BCUT2D eigenvalue weighted by Crippen LogP contribution is -2.14. The van der Waals surface area contributed by atoms with Crippen molar-refractivity contribution in [3.8, 4) is 0 Å². The van der Waals surface area contributed by atoms with Gasteiger partial charge < -0.3 is 10.1 Å². The lowest BCUT2D eigenvalue weighted by atomic mass is 10.1. The molecule has 1 fully saturated rings. The molecule has 0 aromatic carbocycles. The van der Waals surface area contributed by atoms with Gasteiger partial charge in [-0.25, -0.2) is 19.9 Å². The normalized spacial score (nSPS) is 17.9. The molecular weight excluding hydrogens is 323 g/mol. The smallest absolute Gasteiger partial charge is 0.381 e. The summed E-state index contributed by atoms with van der Waals surface area (Å²) in [7, 11) is 0. The zero-order chi connectivity index (χ0) is 17.2. The molecule has 0 radical (unpaired) electrons. The Bertz CT molecular complexity index is 716. The standard InChI is InChI=1S/C15H16F3N5O/c1-9-4-12(15(16,17)18)23-14(22-9)6-19-13-5-11(20-8-21-13)10-2-3-24-7-10/h4-5,8,10H,2-3,6-7H2,1H3,(H,19,20,21)/t10-/m1/s1. The predicted molar refractivity (Wildman–Crippen MR) is 79.3 cm³/mol. The molecular formula is C15H16F3N5O. The number of ether oxygens (including phenoxy) is 1. The van der Waals surface area contributed by atoms with Gasteiger partial charge in [-0.05, 0) is 19.4 Å². The third-order valence-electron chi connectivity index (χ3n) is 3.65. The molecule has 0 bridgehead atoms. The van der Waals surface area contributed by atoms with E-state index in [1.54, 1.807) is 6.07 Å². The van der Waals surface area contributed by atoms with Crippen molar-refractivity contribution in [3.63, 3.8) is 0 Å². The first-order chi connectivity index (χ1) is 11.4. The summed E-state index contributed by atoms with van der Waals surface area (Å²) in [5.74, 6) is 0.804. The van der Waals surface area contributed by atoms with Crippen LogP contribution in [0.5, 0.6) is 0 Å². The molecule has 6 nitrogen and oxygen atoms in total. The summed E-state index contributed by atoms with van der Waals surface area (Å²) in [5, 5.41) is 2.95. The van der Waals surface area contributed by atoms with E-state index in [0.717, 1.165) is 18.2 Å². The molecule has 128 valence electrons. The van der Waals surface area contributed by atoms with Crippen molar-refractivity contribution in [3.05, 3.63) is 41.4 Å². The van der Waals surface area contributed by atoms with Crippen LogP contribution in [0.3, 0.4) is 0 Å². The second-order valence-electron chi connectivity index (χ2n) is 5.55. The molecule has 1 aliphatic heterocycles. The lowest BCUT2D eigenvalue weighted by molar-refractivity contribution is -0.141. The highest BCUT2D eigenvalue weighted by atomic mass is 19.4. The Morgan fingerprint density at radius 3 is 2.79 bits per heavy atom. The van der Waals surface area contributed by atoms with Crippen LogP contribution in [-0.4, -0.2) is 33.1 Å². The molecule has 0 aliphatic carbocycles. The van der Waals surface area contributed by atoms with Gasteiger partial charge in [-0.15, -0.1) is 0 Å². The Labute approximate surface area is 136 Å². The number of halogens is 3. The van der Waals surface area contributed by atoms with Crippen LogP contribution in [0.2, 0.25) is 0 Å². The quantitative estimate of drug-likeness (QED) is 0.923. The maximum Gasteiger partial charge on any atom is 0.433 e. The van der Waals surface area contributed by atoms with Crippen LogP contribution in [0.15, 0.2) is 18.5 Å². The Morgan fingerprint density at radius 1 is 1.25 bits per heavy atom. The van der Waals surface area contributed by atoms with Gasteiger partial charge in [0.1, 0.15) is 23.7 Å². The summed E-state index contributed by atoms with van der Waals surface area (Å²) in [6, 6.07) is 2.70. The number of anilines is 1. The molecule has 24 heavy (non-hydrogen) atoms. The number of nitrogens with one attached hydrogen (secondary N) is 1. The number of rotatable bonds is 4. The van der Waals surface area contributed by atoms with E-state index in [1.807, 2.05) is 0 Å². The second kappa shape index (κ2) is 6.68. The van der Waals surface area contributed by atoms with Gasteiger partial charge in [0, 0.05) is 24.3 Å². The predicted octanol–water partition coefficient (Wildman–Crippen LogP) is 2.71. The van der Waals surface area contributed by atoms with Gasteiger partial charge >= 0.3 is 6.18 Å². The maximum atomic E-state index is 12.8. The van der Waals surface area contributed by atoms with Crippen LogP contribution in [0.25, 0.3) is 0 Å². The Kier molecular flexibility index (Phi) is 4.61. The summed E-state index contributed by atoms with van der Waals surface area (Å²) < 4.78 is 43.7. The fraction of sp³-hybridized carbons (Fsp3) is 0.467. The molecule has 2 aromatic heterocycles. The Hall–Kier alpha value is -2.29. The number of aryl methyl sites for hydroxylation is 1. The summed E-state index contributed by atoms with van der Waals surface area (Å²) in [6.45, 7) is 2.87. The molecule has 0 amide bonds. The van der Waals surface area contributed by atoms with Crippen molar-refractivity contribution < 1.29 is 17.9 Å². The van der Waals surface area contributed by atoms with Crippen molar-refractivity contribution in [2.24, 2.45) is 0 Å². The van der Waals surface area contributed by atoms with Crippen molar-refractivity contribution in [2.75, 3.05) is 18.5 Å². The lowest BCUT2D eigenvalue weighted by Gasteiger charge is -2.11. The minimum atomic E-state index is -4.49. The van der Waals surface area contributed by atoms with E-state index in [2.05, 4.69) is 25.3 Å². The largest absolute Gasteiger partial charge is 0.433 e. The molecule has 0 unspecified atom stereocenters. The van der Waals surface area contributed by atoms with E-state index in [0.29, 0.717) is 19.0 Å². The van der Waals surface area contributed by atoms with Crippen LogP contribution in [0.1, 0.15) is 35.2 Å². The summed E-state index contributed by atoms with van der Waals surface area (Å²) in [6.07, 6.45) is -2.17. The number of hydrogen-bond acceptors (Lipinski definition) is 6. The van der Waals surface area contributed by atoms with Gasteiger partial charge in [-0.3, -0.25) is 0 Å². The molecule has 1 atom stereocenters. The molecule has 1 N–H and O–H groups in total. The average Bonchev–Trinajstić information content (AvgIpc) is 3.06. The van der Waals surface area contributed by atoms with Gasteiger partial charge in [0.25, 0.3) is 0 Å². The van der Waals surface area contributed by atoms with Gasteiger partial charge in [0.05, 0.1) is 18.8 Å². The summed E-state index contributed by atoms with van der Waals surface area (Å²) in [4.78, 5) is 15.9. The molecule has 1 saturated heterocycles. The van der Waals surface area contributed by atoms with Gasteiger partial charge in [-0.2, -0.15) is 13.2 Å². The molecule has 9 heteroatoms. The maximum absolute atomic E-state index is 12.8. The van der Waals surface area contributed by atoms with E-state index >= 15 is 0 Å². The van der Waals surface area contributed by atoms with E-state index in [9.17, 15) is 13.2 Å². The van der Waals surface area contributed by atoms with Gasteiger partial charge in [0.15, 0.2) is 0 Å². The van der Waals surface area contributed by atoms with Gasteiger partial charge in [0.2, 0.25) is 0 Å². The number of nitrogens with zero attached hydrogens (tertiary/aromatic N) is 4. The summed E-state index contributed by atoms with van der Waals surface area (Å²) in [5.41, 5.74) is 0.171. The van der Waals surface area contributed by atoms with E-state index in [1.165, 1.54) is 13.3 Å². The summed E-state index contributed by atoms with van der Waals surface area (Å²) >= 11 is 0. The average molecular weight is 339 g/mol. The number of alkyl halides is 3. The first-order valence-corrected chi connectivity index (χ1v) is 7.47. The molecule has 0 saturated carbocycles. The molecule has 3 heterocycles. The molecule has 3 rings (SSSR count). The van der Waals surface area contributed by atoms with Crippen LogP contribution in [0.4, 0.5) is 19.0 Å². The minimum absolute atomic E-state index is 0.0440. The highest BCUT2D eigenvalue weighted by Crippen LogP contribution is 2.28. The van der Waals surface area contributed by atoms with Crippen molar-refractivity contribution in [2.45, 2.75) is 32.0 Å². The number of aromatic nitrogens is 4. The second-order valence-corrected chi connectivity index (χ2v) is 5.55. The third-order valence-corrected chi connectivity index (χ3v) is 3.65. The monoisotopic (exact) mass is 339 g/mol. The first-order valence-electron chi connectivity index (χ1n) is 7.47. The molecule has 1 aliphatic rings. The van der Waals surface area contributed by atoms with Crippen molar-refractivity contribution in [1.29, 1.82) is 0 Å². The minimum Gasteiger partial charge on any atom is -0.381 e. The number of hydrogen-bond donors (Lipinski definition) is 1. The molecule has 2 aromatic rings. The Balaban J connectivity index is 1.72. The highest BCUT2D eigenvalue weighted by molar-refractivity contribution is 5.36. The zero-order valence-corrected chi connectivity index (χ0v) is 13.0. The van der Waals surface area contributed by atoms with Crippen LogP contribution in [-0.2, 0) is 17.5 Å². The van der Waals surface area contributed by atoms with E-state index in [-0.39, 0.29) is 24.0 Å². The SMILES string of the molecule is Cc1cc(C(F)(F)F)nc(CNc2cc([C@@H]3CCOC3)ncn2)n1. The van der Waals surface area contributed by atoms with E-state index in [4.69, 9.17) is 4.74 Å². The topological polar surface area (TPSA) is 72.8 Å². The van der Waals surface area contributed by atoms with Crippen molar-refractivity contribution >= 4 is 5.82 Å². The third kappa shape index (κ3) is 3.97. The van der Waals surface area contributed by atoms with Crippen molar-refractivity contribution in [1.82, 2.24) is 19.9 Å². The van der Waals surface area contributed by atoms with Crippen LogP contribution < -0.4 is 5.32 Å².